The van der Waals surface area contributed by atoms with E-state index in [4.69, 9.17) is 0 Å². The van der Waals surface area contributed by atoms with E-state index in [0.717, 1.165) is 38.5 Å². The molecule has 0 spiro atoms. The summed E-state index contributed by atoms with van der Waals surface area (Å²) in [5.74, 6) is -0.0703. The second kappa shape index (κ2) is 6.67. The first-order valence-electron chi connectivity index (χ1n) is 8.09. The van der Waals surface area contributed by atoms with Crippen molar-refractivity contribution in [3.8, 4) is 6.07 Å². The second-order valence-electron chi connectivity index (χ2n) is 6.25. The summed E-state index contributed by atoms with van der Waals surface area (Å²) >= 11 is 1.39. The number of aromatic nitrogens is 1. The third-order valence-corrected chi connectivity index (χ3v) is 5.40. The molecule has 1 aliphatic heterocycles. The van der Waals surface area contributed by atoms with Crippen molar-refractivity contribution < 1.29 is 9.59 Å². The minimum atomic E-state index is -0.709. The van der Waals surface area contributed by atoms with Gasteiger partial charge in [-0.1, -0.05) is 19.3 Å². The molecule has 1 aromatic rings. The predicted octanol–water partition coefficient (Wildman–Crippen LogP) is 2.16. The first kappa shape index (κ1) is 15.9. The third-order valence-electron chi connectivity index (χ3n) is 4.49. The van der Waals surface area contributed by atoms with Gasteiger partial charge in [0.1, 0.15) is 5.54 Å². The molecule has 2 aliphatic rings. The molecule has 1 saturated carbocycles. The molecule has 0 radical (unpaired) electrons. The lowest BCUT2D eigenvalue weighted by Crippen LogP contribution is -2.49. The molecule has 0 unspecified atom stereocenters. The molecule has 1 aliphatic carbocycles. The highest BCUT2D eigenvalue weighted by molar-refractivity contribution is 7.14. The lowest BCUT2D eigenvalue weighted by Gasteiger charge is -2.31. The van der Waals surface area contributed by atoms with E-state index in [1.165, 1.54) is 11.3 Å². The Bertz CT molecular complexity index is 643. The fraction of sp³-hybridized carbons (Fsp3) is 0.625. The van der Waals surface area contributed by atoms with Crippen molar-refractivity contribution in [1.82, 2.24) is 10.3 Å². The Balaban J connectivity index is 1.61. The molecule has 0 bridgehead atoms. The third kappa shape index (κ3) is 3.53. The number of anilines is 1. The number of rotatable bonds is 4. The number of nitriles is 1. The number of hydrogen-bond donors (Lipinski definition) is 1. The maximum absolute atomic E-state index is 12.3. The minimum Gasteiger partial charge on any atom is -0.337 e. The maximum atomic E-state index is 12.3. The number of nitrogens with zero attached hydrogens (tertiary/aromatic N) is 3. The molecule has 6 nitrogen and oxygen atoms in total. The predicted molar refractivity (Wildman–Crippen MR) is 87.0 cm³/mol. The number of thiazole rings is 1. The van der Waals surface area contributed by atoms with Crippen LogP contribution in [-0.2, 0) is 16.0 Å². The summed E-state index contributed by atoms with van der Waals surface area (Å²) < 4.78 is 0. The lowest BCUT2D eigenvalue weighted by molar-refractivity contribution is -0.122. The lowest BCUT2D eigenvalue weighted by atomic mass is 9.83. The zero-order chi connectivity index (χ0) is 16.3. The Morgan fingerprint density at radius 1 is 1.39 bits per heavy atom. The fourth-order valence-corrected chi connectivity index (χ4v) is 4.12. The van der Waals surface area contributed by atoms with Crippen LogP contribution < -0.4 is 10.2 Å². The van der Waals surface area contributed by atoms with Gasteiger partial charge in [-0.15, -0.1) is 11.3 Å². The molecule has 1 aromatic heterocycles. The molecular formula is C16H20N4O2S. The summed E-state index contributed by atoms with van der Waals surface area (Å²) in [7, 11) is 0. The van der Waals surface area contributed by atoms with Gasteiger partial charge in [0.25, 0.3) is 0 Å². The van der Waals surface area contributed by atoms with Gasteiger partial charge in [-0.05, 0) is 19.3 Å². The van der Waals surface area contributed by atoms with Crippen LogP contribution in [0.1, 0.15) is 50.6 Å². The van der Waals surface area contributed by atoms with Crippen LogP contribution >= 0.6 is 11.3 Å². The number of amides is 2. The van der Waals surface area contributed by atoms with Crippen LogP contribution in [0.2, 0.25) is 0 Å². The van der Waals surface area contributed by atoms with Crippen LogP contribution in [0.25, 0.3) is 0 Å². The van der Waals surface area contributed by atoms with Crippen molar-refractivity contribution in [2.45, 2.75) is 56.9 Å². The van der Waals surface area contributed by atoms with Crippen LogP contribution in [-0.4, -0.2) is 28.9 Å². The molecule has 1 saturated heterocycles. The van der Waals surface area contributed by atoms with Crippen LogP contribution in [0.4, 0.5) is 5.13 Å². The molecule has 23 heavy (non-hydrogen) atoms. The molecule has 3 rings (SSSR count). The summed E-state index contributed by atoms with van der Waals surface area (Å²) in [5.41, 5.74) is -0.0508. The number of carbonyl (C=O) groups is 2. The van der Waals surface area contributed by atoms with Crippen molar-refractivity contribution in [2.24, 2.45) is 0 Å². The van der Waals surface area contributed by atoms with E-state index in [-0.39, 0.29) is 18.2 Å². The van der Waals surface area contributed by atoms with E-state index in [9.17, 15) is 14.9 Å². The summed E-state index contributed by atoms with van der Waals surface area (Å²) in [6.45, 7) is 0.704. The van der Waals surface area contributed by atoms with Crippen molar-refractivity contribution in [2.75, 3.05) is 11.4 Å². The van der Waals surface area contributed by atoms with Crippen molar-refractivity contribution in [3.05, 3.63) is 11.1 Å². The van der Waals surface area contributed by atoms with Crippen molar-refractivity contribution in [1.29, 1.82) is 5.26 Å². The van der Waals surface area contributed by atoms with Crippen LogP contribution in [0.3, 0.4) is 0 Å². The van der Waals surface area contributed by atoms with Gasteiger partial charge in [0.2, 0.25) is 11.8 Å². The SMILES string of the molecule is N#CC1(NC(=O)Cc2csc(N3CCCC3=O)n2)CCCCC1. The monoisotopic (exact) mass is 332 g/mol. The van der Waals surface area contributed by atoms with Gasteiger partial charge in [-0.3, -0.25) is 14.5 Å². The van der Waals surface area contributed by atoms with Crippen LogP contribution in [0.15, 0.2) is 5.38 Å². The summed E-state index contributed by atoms with van der Waals surface area (Å²) in [6.07, 6.45) is 6.11. The fourth-order valence-electron chi connectivity index (χ4n) is 3.25. The Morgan fingerprint density at radius 3 is 2.83 bits per heavy atom. The second-order valence-corrected chi connectivity index (χ2v) is 7.09. The smallest absolute Gasteiger partial charge is 0.228 e. The quantitative estimate of drug-likeness (QED) is 0.915. The minimum absolute atomic E-state index is 0.0981. The standard InChI is InChI=1S/C16H20N4O2S/c17-11-16(6-2-1-3-7-16)19-13(21)9-12-10-23-15(18-12)20-8-4-5-14(20)22/h10H,1-9H2,(H,19,21). The first-order chi connectivity index (χ1) is 11.1. The maximum Gasteiger partial charge on any atom is 0.228 e. The topological polar surface area (TPSA) is 86.1 Å². The van der Waals surface area contributed by atoms with Gasteiger partial charge >= 0.3 is 0 Å². The summed E-state index contributed by atoms with van der Waals surface area (Å²) in [6, 6.07) is 2.29. The molecule has 122 valence electrons. The Hall–Kier alpha value is -1.94. The summed E-state index contributed by atoms with van der Waals surface area (Å²) in [5, 5.41) is 14.8. The normalized spacial score (nSPS) is 20.3. The highest BCUT2D eigenvalue weighted by Gasteiger charge is 2.33. The molecule has 7 heteroatoms. The number of nitrogens with one attached hydrogen (secondary N) is 1. The highest BCUT2D eigenvalue weighted by Crippen LogP contribution is 2.28. The molecule has 0 atom stereocenters. The van der Waals surface area contributed by atoms with E-state index in [1.54, 1.807) is 4.90 Å². The molecule has 2 heterocycles. The van der Waals surface area contributed by atoms with E-state index in [0.29, 0.717) is 23.8 Å². The van der Waals surface area contributed by atoms with Crippen molar-refractivity contribution in [3.63, 3.8) is 0 Å². The Kier molecular flexibility index (Phi) is 4.62. The zero-order valence-electron chi connectivity index (χ0n) is 13.0. The largest absolute Gasteiger partial charge is 0.337 e. The van der Waals surface area contributed by atoms with Gasteiger partial charge in [-0.25, -0.2) is 4.98 Å². The van der Waals surface area contributed by atoms with Gasteiger partial charge in [0.05, 0.1) is 18.2 Å². The van der Waals surface area contributed by atoms with E-state index in [2.05, 4.69) is 16.4 Å². The zero-order valence-corrected chi connectivity index (χ0v) is 13.8. The average molecular weight is 332 g/mol. The molecule has 2 amide bonds. The molecule has 1 N–H and O–H groups in total. The average Bonchev–Trinajstić information content (AvgIpc) is 3.16. The molecule has 2 fully saturated rings. The Morgan fingerprint density at radius 2 is 2.17 bits per heavy atom. The van der Waals surface area contributed by atoms with Gasteiger partial charge in [0.15, 0.2) is 5.13 Å². The van der Waals surface area contributed by atoms with E-state index in [1.807, 2.05) is 5.38 Å². The van der Waals surface area contributed by atoms with Gasteiger partial charge in [-0.2, -0.15) is 5.26 Å². The highest BCUT2D eigenvalue weighted by atomic mass is 32.1. The van der Waals surface area contributed by atoms with Crippen LogP contribution in [0.5, 0.6) is 0 Å². The van der Waals surface area contributed by atoms with Crippen molar-refractivity contribution >= 4 is 28.3 Å². The summed E-state index contributed by atoms with van der Waals surface area (Å²) in [4.78, 5) is 30.1. The van der Waals surface area contributed by atoms with Crippen LogP contribution in [0, 0.1) is 11.3 Å². The molecular weight excluding hydrogens is 312 g/mol. The Labute approximate surface area is 139 Å². The number of carbonyl (C=O) groups excluding carboxylic acids is 2. The van der Waals surface area contributed by atoms with Gasteiger partial charge < -0.3 is 5.32 Å². The first-order valence-corrected chi connectivity index (χ1v) is 8.97. The van der Waals surface area contributed by atoms with Gasteiger partial charge in [0, 0.05) is 18.3 Å². The molecule has 0 aromatic carbocycles. The van der Waals surface area contributed by atoms with E-state index >= 15 is 0 Å². The number of hydrogen-bond acceptors (Lipinski definition) is 5. The van der Waals surface area contributed by atoms with E-state index < -0.39 is 5.54 Å².